The van der Waals surface area contributed by atoms with Gasteiger partial charge in [-0.25, -0.2) is 8.78 Å². The first-order valence-electron chi connectivity index (χ1n) is 10.8. The van der Waals surface area contributed by atoms with Crippen molar-refractivity contribution in [2.24, 2.45) is 11.8 Å². The van der Waals surface area contributed by atoms with E-state index in [1.54, 1.807) is 6.92 Å². The van der Waals surface area contributed by atoms with E-state index in [1.165, 1.54) is 0 Å². The molecule has 1 aliphatic rings. The largest absolute Gasteiger partial charge is 0.466 e. The van der Waals surface area contributed by atoms with Crippen molar-refractivity contribution >= 4 is 11.8 Å². The minimum Gasteiger partial charge on any atom is -0.466 e. The van der Waals surface area contributed by atoms with Gasteiger partial charge < -0.3 is 14.9 Å². The summed E-state index contributed by atoms with van der Waals surface area (Å²) in [6, 6.07) is 2.94. The van der Waals surface area contributed by atoms with Crippen molar-refractivity contribution in [2.75, 3.05) is 6.61 Å². The maximum absolute atomic E-state index is 13.4. The molecule has 0 heterocycles. The van der Waals surface area contributed by atoms with Crippen LogP contribution < -0.4 is 0 Å². The molecule has 0 aliphatic heterocycles. The van der Waals surface area contributed by atoms with Gasteiger partial charge in [-0.3, -0.25) is 9.59 Å². The molecule has 1 fully saturated rings. The number of Topliss-reactive ketones (excluding diaryl/α,β-unsaturated/α-hetero) is 1. The zero-order valence-corrected chi connectivity index (χ0v) is 17.5. The van der Waals surface area contributed by atoms with Gasteiger partial charge in [0.2, 0.25) is 0 Å². The van der Waals surface area contributed by atoms with Crippen molar-refractivity contribution in [1.29, 1.82) is 0 Å². The van der Waals surface area contributed by atoms with Crippen molar-refractivity contribution in [2.45, 2.75) is 76.9 Å². The Kier molecular flexibility index (Phi) is 9.85. The van der Waals surface area contributed by atoms with Gasteiger partial charge in [0.15, 0.2) is 0 Å². The van der Waals surface area contributed by atoms with Crippen molar-refractivity contribution < 1.29 is 33.3 Å². The predicted octanol–water partition coefficient (Wildman–Crippen LogP) is 4.25. The van der Waals surface area contributed by atoms with E-state index in [4.69, 9.17) is 4.74 Å². The molecule has 168 valence electrons. The number of aliphatic hydroxyl groups excluding tert-OH is 2. The van der Waals surface area contributed by atoms with Crippen LogP contribution in [-0.2, 0) is 14.3 Å². The van der Waals surface area contributed by atoms with Crippen LogP contribution >= 0.6 is 0 Å². The van der Waals surface area contributed by atoms with Gasteiger partial charge in [-0.2, -0.15) is 0 Å². The first-order chi connectivity index (χ1) is 14.3. The highest BCUT2D eigenvalue weighted by molar-refractivity contribution is 5.84. The molecule has 1 aromatic carbocycles. The SMILES string of the molecule is CCOC(=O)CCCCCC[C@H]1C(=O)C[C@@H](O)[C@@H]1CCC(O)c1cc(F)cc(F)c1. The number of carbonyl (C=O) groups is 2. The molecule has 0 spiro atoms. The van der Waals surface area contributed by atoms with Crippen LogP contribution in [-0.4, -0.2) is 34.7 Å². The molecule has 2 rings (SSSR count). The van der Waals surface area contributed by atoms with Crippen LogP contribution in [0.1, 0.15) is 76.4 Å². The van der Waals surface area contributed by atoms with Crippen LogP contribution in [0, 0.1) is 23.5 Å². The monoisotopic (exact) mass is 426 g/mol. The minimum atomic E-state index is -1.05. The smallest absolute Gasteiger partial charge is 0.305 e. The summed E-state index contributed by atoms with van der Waals surface area (Å²) in [4.78, 5) is 23.6. The van der Waals surface area contributed by atoms with Gasteiger partial charge in [-0.1, -0.05) is 19.3 Å². The van der Waals surface area contributed by atoms with E-state index < -0.39 is 23.8 Å². The van der Waals surface area contributed by atoms with Gasteiger partial charge >= 0.3 is 5.97 Å². The molecule has 0 radical (unpaired) electrons. The Morgan fingerprint density at radius 1 is 1.13 bits per heavy atom. The average Bonchev–Trinajstić information content (AvgIpc) is 2.94. The van der Waals surface area contributed by atoms with Gasteiger partial charge in [0.1, 0.15) is 17.4 Å². The van der Waals surface area contributed by atoms with Crippen molar-refractivity contribution in [1.82, 2.24) is 0 Å². The van der Waals surface area contributed by atoms with E-state index in [1.807, 2.05) is 0 Å². The lowest BCUT2D eigenvalue weighted by Crippen LogP contribution is -2.21. The molecule has 1 unspecified atom stereocenters. The van der Waals surface area contributed by atoms with Crippen LogP contribution in [0.3, 0.4) is 0 Å². The molecule has 1 aliphatic carbocycles. The molecule has 1 aromatic rings. The number of rotatable bonds is 12. The average molecular weight is 427 g/mol. The molecule has 0 aromatic heterocycles. The van der Waals surface area contributed by atoms with Crippen LogP contribution in [0.4, 0.5) is 8.78 Å². The summed E-state index contributed by atoms with van der Waals surface area (Å²) in [7, 11) is 0. The zero-order chi connectivity index (χ0) is 22.1. The summed E-state index contributed by atoms with van der Waals surface area (Å²) < 4.78 is 31.6. The van der Waals surface area contributed by atoms with Gasteiger partial charge in [-0.05, 0) is 56.2 Å². The third kappa shape index (κ3) is 7.43. The third-order valence-electron chi connectivity index (χ3n) is 5.83. The maximum Gasteiger partial charge on any atom is 0.305 e. The van der Waals surface area contributed by atoms with Crippen LogP contribution in [0.25, 0.3) is 0 Å². The lowest BCUT2D eigenvalue weighted by atomic mass is 9.84. The van der Waals surface area contributed by atoms with Gasteiger partial charge in [0.05, 0.1) is 18.8 Å². The van der Waals surface area contributed by atoms with E-state index >= 15 is 0 Å². The molecule has 30 heavy (non-hydrogen) atoms. The number of ketones is 1. The van der Waals surface area contributed by atoms with E-state index in [0.717, 1.165) is 43.9 Å². The van der Waals surface area contributed by atoms with E-state index in [0.29, 0.717) is 25.9 Å². The van der Waals surface area contributed by atoms with Crippen LogP contribution in [0.15, 0.2) is 18.2 Å². The summed E-state index contributed by atoms with van der Waals surface area (Å²) in [5, 5.41) is 20.6. The highest BCUT2D eigenvalue weighted by atomic mass is 19.1. The Labute approximate surface area is 176 Å². The fourth-order valence-corrected chi connectivity index (χ4v) is 4.29. The Morgan fingerprint density at radius 2 is 1.80 bits per heavy atom. The second-order valence-electron chi connectivity index (χ2n) is 8.06. The molecule has 4 atom stereocenters. The fourth-order valence-electron chi connectivity index (χ4n) is 4.29. The molecular weight excluding hydrogens is 394 g/mol. The van der Waals surface area contributed by atoms with Crippen molar-refractivity contribution in [3.8, 4) is 0 Å². The maximum atomic E-state index is 13.4. The summed E-state index contributed by atoms with van der Waals surface area (Å²) >= 11 is 0. The molecule has 0 bridgehead atoms. The summed E-state index contributed by atoms with van der Waals surface area (Å²) in [6.07, 6.45) is 3.31. The second kappa shape index (κ2) is 12.1. The molecular formula is C23H32F2O5. The number of ether oxygens (including phenoxy) is 1. The first-order valence-corrected chi connectivity index (χ1v) is 10.8. The predicted molar refractivity (Wildman–Crippen MR) is 107 cm³/mol. The topological polar surface area (TPSA) is 83.8 Å². The minimum absolute atomic E-state index is 0.0327. The number of aliphatic hydroxyl groups is 2. The van der Waals surface area contributed by atoms with Gasteiger partial charge in [0, 0.05) is 24.8 Å². The van der Waals surface area contributed by atoms with Gasteiger partial charge in [0.25, 0.3) is 0 Å². The van der Waals surface area contributed by atoms with E-state index in [9.17, 15) is 28.6 Å². The Hall–Kier alpha value is -1.86. The number of esters is 1. The second-order valence-corrected chi connectivity index (χ2v) is 8.06. The first kappa shape index (κ1) is 24.4. The zero-order valence-electron chi connectivity index (χ0n) is 17.5. The number of carbonyl (C=O) groups excluding carboxylic acids is 2. The molecule has 5 nitrogen and oxygen atoms in total. The third-order valence-corrected chi connectivity index (χ3v) is 5.83. The lowest BCUT2D eigenvalue weighted by Gasteiger charge is -2.22. The quantitative estimate of drug-likeness (QED) is 0.386. The highest BCUT2D eigenvalue weighted by Crippen LogP contribution is 2.38. The number of hydrogen-bond donors (Lipinski definition) is 2. The van der Waals surface area contributed by atoms with Gasteiger partial charge in [-0.15, -0.1) is 0 Å². The lowest BCUT2D eigenvalue weighted by molar-refractivity contribution is -0.143. The molecule has 0 amide bonds. The Morgan fingerprint density at radius 3 is 2.47 bits per heavy atom. The number of hydrogen-bond acceptors (Lipinski definition) is 5. The summed E-state index contributed by atoms with van der Waals surface area (Å²) in [5.41, 5.74) is 0.157. The molecule has 1 saturated carbocycles. The molecule has 0 saturated heterocycles. The highest BCUT2D eigenvalue weighted by Gasteiger charge is 2.40. The summed E-state index contributed by atoms with van der Waals surface area (Å²) in [5.74, 6) is -2.18. The van der Waals surface area contributed by atoms with E-state index in [2.05, 4.69) is 0 Å². The normalized spacial score (nSPS) is 22.3. The van der Waals surface area contributed by atoms with E-state index in [-0.39, 0.29) is 42.0 Å². The number of unbranched alkanes of at least 4 members (excludes halogenated alkanes) is 3. The number of halogens is 2. The molecule has 2 N–H and O–H groups in total. The Balaban J connectivity index is 1.78. The standard InChI is InChI=1S/C23H32F2O5/c1-2-30-23(29)8-6-4-3-5-7-18-19(22(28)14-21(18)27)9-10-20(26)15-11-16(24)13-17(25)12-15/h11-13,18-20,22,26,28H,2-10,14H2,1H3/t18-,19-,20?,22-/m1/s1. The molecule has 7 heteroatoms. The van der Waals surface area contributed by atoms with Crippen LogP contribution in [0.5, 0.6) is 0 Å². The van der Waals surface area contributed by atoms with Crippen molar-refractivity contribution in [3.63, 3.8) is 0 Å². The van der Waals surface area contributed by atoms with Crippen LogP contribution in [0.2, 0.25) is 0 Å². The fraction of sp³-hybridized carbons (Fsp3) is 0.652. The number of benzene rings is 1. The summed E-state index contributed by atoms with van der Waals surface area (Å²) in [6.45, 7) is 2.16. The van der Waals surface area contributed by atoms with Crippen molar-refractivity contribution in [3.05, 3.63) is 35.4 Å². The Bertz CT molecular complexity index is 689.